The van der Waals surface area contributed by atoms with Crippen molar-refractivity contribution in [2.24, 2.45) is 0 Å². The Balaban J connectivity index is 4.63. The average Bonchev–Trinajstić information content (AvgIpc) is 3.25. The number of rotatable bonds is 48. The van der Waals surface area contributed by atoms with Crippen LogP contribution in [0.4, 0.5) is 0 Å². The van der Waals surface area contributed by atoms with Crippen LogP contribution < -0.4 is 5.32 Å². The van der Waals surface area contributed by atoms with Crippen LogP contribution in [0.15, 0.2) is 36.5 Å². The highest BCUT2D eigenvalue weighted by Gasteiger charge is 2.24. The molecule has 3 atom stereocenters. The number of carbonyl (C=O) groups excluding carboxylic acids is 2. The molecule has 0 fully saturated rings. The zero-order valence-corrected chi connectivity index (χ0v) is 40.8. The molecule has 3 N–H and O–H groups in total. The van der Waals surface area contributed by atoms with Gasteiger partial charge in [0, 0.05) is 6.42 Å². The number of nitrogens with one attached hydrogen (secondary N) is 1. The molecule has 0 aliphatic heterocycles. The fraction of sp³-hybridized carbons (Fsp3) is 0.855. The fourth-order valence-corrected chi connectivity index (χ4v) is 8.20. The molecule has 0 aromatic rings. The van der Waals surface area contributed by atoms with Crippen molar-refractivity contribution >= 4 is 11.9 Å². The Morgan fingerprint density at radius 3 is 1.26 bits per heavy atom. The third kappa shape index (κ3) is 44.5. The summed E-state index contributed by atoms with van der Waals surface area (Å²) in [5.41, 5.74) is 0. The van der Waals surface area contributed by atoms with Gasteiger partial charge in [0.05, 0.1) is 25.2 Å². The Bertz CT molecular complexity index is 1010. The predicted molar refractivity (Wildman–Crippen MR) is 264 cm³/mol. The Hall–Kier alpha value is -1.92. The molecule has 0 heterocycles. The van der Waals surface area contributed by atoms with Gasteiger partial charge in [-0.05, 0) is 51.4 Å². The van der Waals surface area contributed by atoms with Gasteiger partial charge in [-0.15, -0.1) is 0 Å². The SMILES string of the molecule is CCCCCCC/C=C/C=C/C=C/CCCCCC(CC(=O)NC(CO)C(O)CCCCCCCCCCCCCCC)OC(=O)CCCCCCCCCCCCCCC. The molecular formula is C55H103NO5. The van der Waals surface area contributed by atoms with Gasteiger partial charge in [-0.3, -0.25) is 9.59 Å². The summed E-state index contributed by atoms with van der Waals surface area (Å²) in [5, 5.41) is 23.8. The number of allylic oxidation sites excluding steroid dienone is 6. The quantitative estimate of drug-likeness (QED) is 0.0322. The lowest BCUT2D eigenvalue weighted by Gasteiger charge is -2.24. The standard InChI is InChI=1S/C55H103NO5/c1-4-7-10-13-16-19-22-25-26-27-30-31-34-37-40-43-46-51(61-55(60)48-45-42-39-36-33-29-24-21-18-15-12-9-6-3)49-54(59)56-52(50-57)53(58)47-44-41-38-35-32-28-23-20-17-14-11-8-5-2/h22,25-27,30-31,51-53,57-58H,4-21,23-24,28-29,32-50H2,1-3H3,(H,56,59)/b25-22+,27-26+,31-30+. The third-order valence-electron chi connectivity index (χ3n) is 12.3. The number of esters is 1. The number of unbranched alkanes of at least 4 members (excludes halogenated alkanes) is 32. The zero-order valence-electron chi connectivity index (χ0n) is 40.8. The minimum absolute atomic E-state index is 0.0588. The Morgan fingerprint density at radius 1 is 0.475 bits per heavy atom. The number of hydrogen-bond acceptors (Lipinski definition) is 5. The molecule has 0 bridgehead atoms. The van der Waals surface area contributed by atoms with Crippen LogP contribution in [-0.2, 0) is 14.3 Å². The monoisotopic (exact) mass is 858 g/mol. The fourth-order valence-electron chi connectivity index (χ4n) is 8.20. The van der Waals surface area contributed by atoms with Gasteiger partial charge in [0.25, 0.3) is 0 Å². The Labute approximate surface area is 379 Å². The van der Waals surface area contributed by atoms with E-state index in [4.69, 9.17) is 4.74 Å². The highest BCUT2D eigenvalue weighted by molar-refractivity contribution is 5.77. The lowest BCUT2D eigenvalue weighted by atomic mass is 10.0. The van der Waals surface area contributed by atoms with E-state index in [1.165, 1.54) is 161 Å². The van der Waals surface area contributed by atoms with E-state index in [0.717, 1.165) is 70.6 Å². The first kappa shape index (κ1) is 59.1. The Morgan fingerprint density at radius 2 is 0.836 bits per heavy atom. The van der Waals surface area contributed by atoms with Gasteiger partial charge in [-0.2, -0.15) is 0 Å². The first-order valence-electron chi connectivity index (χ1n) is 26.7. The van der Waals surface area contributed by atoms with E-state index in [2.05, 4.69) is 62.5 Å². The van der Waals surface area contributed by atoms with Gasteiger partial charge >= 0.3 is 5.97 Å². The maximum absolute atomic E-state index is 13.2. The number of hydrogen-bond donors (Lipinski definition) is 3. The molecular weight excluding hydrogens is 755 g/mol. The molecule has 0 aromatic heterocycles. The first-order chi connectivity index (χ1) is 30.0. The van der Waals surface area contributed by atoms with E-state index < -0.39 is 18.2 Å². The predicted octanol–water partition coefficient (Wildman–Crippen LogP) is 16.1. The van der Waals surface area contributed by atoms with Gasteiger partial charge in [-0.1, -0.05) is 250 Å². The molecule has 0 saturated carbocycles. The van der Waals surface area contributed by atoms with Crippen LogP contribution in [0.3, 0.4) is 0 Å². The van der Waals surface area contributed by atoms with Gasteiger partial charge in [0.15, 0.2) is 0 Å². The molecule has 0 spiro atoms. The van der Waals surface area contributed by atoms with Crippen LogP contribution >= 0.6 is 0 Å². The summed E-state index contributed by atoms with van der Waals surface area (Å²) in [5.74, 6) is -0.496. The van der Waals surface area contributed by atoms with Gasteiger partial charge in [0.1, 0.15) is 6.10 Å². The second kappa shape index (κ2) is 49.1. The topological polar surface area (TPSA) is 95.9 Å². The van der Waals surface area contributed by atoms with E-state index >= 15 is 0 Å². The number of aliphatic hydroxyl groups is 2. The van der Waals surface area contributed by atoms with Gasteiger partial charge < -0.3 is 20.3 Å². The van der Waals surface area contributed by atoms with Crippen molar-refractivity contribution in [1.82, 2.24) is 5.32 Å². The van der Waals surface area contributed by atoms with Crippen LogP contribution in [0.2, 0.25) is 0 Å². The van der Waals surface area contributed by atoms with Gasteiger partial charge in [0.2, 0.25) is 5.91 Å². The highest BCUT2D eigenvalue weighted by atomic mass is 16.5. The molecule has 1 amide bonds. The summed E-state index contributed by atoms with van der Waals surface area (Å²) in [4.78, 5) is 26.2. The summed E-state index contributed by atoms with van der Waals surface area (Å²) in [6.45, 7) is 6.47. The summed E-state index contributed by atoms with van der Waals surface area (Å²) in [6, 6.07) is -0.709. The number of amides is 1. The lowest BCUT2D eigenvalue weighted by Crippen LogP contribution is -2.46. The van der Waals surface area contributed by atoms with Crippen molar-refractivity contribution in [2.45, 2.75) is 296 Å². The maximum atomic E-state index is 13.2. The van der Waals surface area contributed by atoms with Gasteiger partial charge in [-0.25, -0.2) is 0 Å². The number of carbonyl (C=O) groups is 2. The minimum atomic E-state index is -0.794. The minimum Gasteiger partial charge on any atom is -0.462 e. The smallest absolute Gasteiger partial charge is 0.306 e. The van der Waals surface area contributed by atoms with E-state index in [1.807, 2.05) is 0 Å². The summed E-state index contributed by atoms with van der Waals surface area (Å²) >= 11 is 0. The van der Waals surface area contributed by atoms with Crippen molar-refractivity contribution in [2.75, 3.05) is 6.61 Å². The van der Waals surface area contributed by atoms with Crippen LogP contribution in [0.25, 0.3) is 0 Å². The van der Waals surface area contributed by atoms with Crippen LogP contribution in [0, 0.1) is 0 Å². The molecule has 6 heteroatoms. The summed E-state index contributed by atoms with van der Waals surface area (Å²) < 4.78 is 5.93. The highest BCUT2D eigenvalue weighted by Crippen LogP contribution is 2.18. The molecule has 0 rings (SSSR count). The lowest BCUT2D eigenvalue weighted by molar-refractivity contribution is -0.151. The van der Waals surface area contributed by atoms with Crippen LogP contribution in [-0.4, -0.2) is 46.9 Å². The molecule has 6 nitrogen and oxygen atoms in total. The van der Waals surface area contributed by atoms with Crippen LogP contribution in [0.5, 0.6) is 0 Å². The second-order valence-corrected chi connectivity index (χ2v) is 18.3. The molecule has 61 heavy (non-hydrogen) atoms. The largest absolute Gasteiger partial charge is 0.462 e. The molecule has 0 radical (unpaired) electrons. The van der Waals surface area contributed by atoms with Crippen molar-refractivity contribution in [3.8, 4) is 0 Å². The Kier molecular flexibility index (Phi) is 47.6. The normalized spacial score (nSPS) is 13.5. The van der Waals surface area contributed by atoms with E-state index in [9.17, 15) is 19.8 Å². The molecule has 358 valence electrons. The summed E-state index contributed by atoms with van der Waals surface area (Å²) in [7, 11) is 0. The molecule has 3 unspecified atom stereocenters. The molecule has 0 aliphatic carbocycles. The molecule has 0 aliphatic rings. The van der Waals surface area contributed by atoms with Crippen molar-refractivity contribution in [1.29, 1.82) is 0 Å². The van der Waals surface area contributed by atoms with E-state index in [1.54, 1.807) is 0 Å². The first-order valence-corrected chi connectivity index (χ1v) is 26.7. The summed E-state index contributed by atoms with van der Waals surface area (Å²) in [6.07, 6.45) is 57.7. The van der Waals surface area contributed by atoms with Crippen molar-refractivity contribution in [3.05, 3.63) is 36.5 Å². The molecule has 0 aromatic carbocycles. The second-order valence-electron chi connectivity index (χ2n) is 18.3. The number of aliphatic hydroxyl groups excluding tert-OH is 2. The molecule has 0 saturated heterocycles. The average molecular weight is 858 g/mol. The number of ether oxygens (including phenoxy) is 1. The van der Waals surface area contributed by atoms with E-state index in [-0.39, 0.29) is 24.9 Å². The zero-order chi connectivity index (χ0) is 44.5. The van der Waals surface area contributed by atoms with E-state index in [0.29, 0.717) is 19.3 Å². The third-order valence-corrected chi connectivity index (χ3v) is 12.3. The van der Waals surface area contributed by atoms with Crippen molar-refractivity contribution < 1.29 is 24.5 Å². The van der Waals surface area contributed by atoms with Crippen LogP contribution in [0.1, 0.15) is 278 Å². The maximum Gasteiger partial charge on any atom is 0.306 e. The van der Waals surface area contributed by atoms with Crippen molar-refractivity contribution in [3.63, 3.8) is 0 Å².